The number of hydrogen-bond acceptors (Lipinski definition) is 6. The molecule has 2 aromatic rings. The Balaban J connectivity index is 2.02. The average molecular weight is 337 g/mol. The van der Waals surface area contributed by atoms with Gasteiger partial charge in [0.1, 0.15) is 6.04 Å². The molecule has 124 valence electrons. The average Bonchev–Trinajstić information content (AvgIpc) is 3.01. The predicted octanol–water partition coefficient (Wildman–Crippen LogP) is 1.70. The number of aryl methyl sites for hydroxylation is 2. The van der Waals surface area contributed by atoms with E-state index in [4.69, 9.17) is 9.15 Å². The van der Waals surface area contributed by atoms with E-state index in [-0.39, 0.29) is 19.0 Å². The van der Waals surface area contributed by atoms with Crippen molar-refractivity contribution in [2.24, 2.45) is 0 Å². The molecule has 0 radical (unpaired) electrons. The van der Waals surface area contributed by atoms with Gasteiger partial charge in [-0.05, 0) is 18.1 Å². The lowest BCUT2D eigenvalue weighted by Crippen LogP contribution is -2.43. The van der Waals surface area contributed by atoms with E-state index in [2.05, 4.69) is 10.2 Å². The van der Waals surface area contributed by atoms with Crippen molar-refractivity contribution in [2.45, 2.75) is 31.2 Å². The van der Waals surface area contributed by atoms with Crippen molar-refractivity contribution in [2.75, 3.05) is 19.8 Å². The van der Waals surface area contributed by atoms with Crippen LogP contribution in [0.3, 0.4) is 0 Å². The van der Waals surface area contributed by atoms with Gasteiger partial charge in [-0.25, -0.2) is 8.42 Å². The van der Waals surface area contributed by atoms with Crippen LogP contribution in [0.2, 0.25) is 0 Å². The Kier molecular flexibility index (Phi) is 4.47. The summed E-state index contributed by atoms with van der Waals surface area (Å²) in [6.45, 7) is 4.41. The van der Waals surface area contributed by atoms with E-state index in [1.165, 1.54) is 4.31 Å². The number of hydrogen-bond donors (Lipinski definition) is 0. The third-order valence-electron chi connectivity index (χ3n) is 3.85. The number of nitrogens with zero attached hydrogens (tertiary/aromatic N) is 3. The summed E-state index contributed by atoms with van der Waals surface area (Å²) in [5.41, 5.74) is 0.791. The van der Waals surface area contributed by atoms with Crippen LogP contribution in [0, 0.1) is 6.92 Å². The minimum atomic E-state index is -3.67. The third kappa shape index (κ3) is 3.01. The second-order valence-corrected chi connectivity index (χ2v) is 7.19. The number of rotatable bonds is 4. The van der Waals surface area contributed by atoms with Crippen LogP contribution in [0.5, 0.6) is 0 Å². The molecule has 23 heavy (non-hydrogen) atoms. The van der Waals surface area contributed by atoms with Crippen LogP contribution in [0.15, 0.2) is 33.6 Å². The Bertz CT molecular complexity index is 788. The van der Waals surface area contributed by atoms with Crippen LogP contribution in [0.1, 0.15) is 30.3 Å². The molecule has 8 heteroatoms. The largest absolute Gasteiger partial charge is 0.424 e. The van der Waals surface area contributed by atoms with E-state index in [9.17, 15) is 8.42 Å². The van der Waals surface area contributed by atoms with Gasteiger partial charge < -0.3 is 9.15 Å². The van der Waals surface area contributed by atoms with E-state index in [0.29, 0.717) is 23.8 Å². The fourth-order valence-electron chi connectivity index (χ4n) is 2.69. The molecule has 1 fully saturated rings. The number of sulfonamides is 1. The Morgan fingerprint density at radius 1 is 1.30 bits per heavy atom. The minimum Gasteiger partial charge on any atom is -0.424 e. The molecule has 0 unspecified atom stereocenters. The third-order valence-corrected chi connectivity index (χ3v) is 5.85. The highest BCUT2D eigenvalue weighted by Crippen LogP contribution is 2.31. The van der Waals surface area contributed by atoms with E-state index >= 15 is 0 Å². The summed E-state index contributed by atoms with van der Waals surface area (Å²) in [6, 6.07) is 6.45. The maximum Gasteiger partial charge on any atom is 0.244 e. The Hall–Kier alpha value is -1.77. The Morgan fingerprint density at radius 3 is 2.78 bits per heavy atom. The molecular weight excluding hydrogens is 318 g/mol. The summed E-state index contributed by atoms with van der Waals surface area (Å²) in [6.07, 6.45) is 0.643. The molecule has 0 bridgehead atoms. The van der Waals surface area contributed by atoms with Gasteiger partial charge in [-0.1, -0.05) is 25.1 Å². The molecule has 1 atom stereocenters. The summed E-state index contributed by atoms with van der Waals surface area (Å²) in [5.74, 6) is 0.664. The van der Waals surface area contributed by atoms with Crippen LogP contribution in [-0.4, -0.2) is 42.7 Å². The molecule has 0 saturated carbocycles. The maximum absolute atomic E-state index is 13.1. The first-order chi connectivity index (χ1) is 11.0. The van der Waals surface area contributed by atoms with Gasteiger partial charge in [-0.2, -0.15) is 4.31 Å². The van der Waals surface area contributed by atoms with Crippen LogP contribution < -0.4 is 0 Å². The Labute approximate surface area is 135 Å². The van der Waals surface area contributed by atoms with E-state index in [1.54, 1.807) is 19.1 Å². The standard InChI is InChI=1S/C15H19N3O4S/c1-3-12-6-4-5-7-14(12)23(19,20)18-8-9-21-10-13(18)15-17-16-11(2)22-15/h4-7,13H,3,8-10H2,1-2H3/t13-/m1/s1. The SMILES string of the molecule is CCc1ccccc1S(=O)(=O)N1CCOC[C@@H]1c1nnc(C)o1. The first kappa shape index (κ1) is 16.1. The molecule has 0 spiro atoms. The lowest BCUT2D eigenvalue weighted by molar-refractivity contribution is 0.0221. The fourth-order valence-corrected chi connectivity index (χ4v) is 4.54. The molecule has 7 nitrogen and oxygen atoms in total. The number of aromatic nitrogens is 2. The van der Waals surface area contributed by atoms with Gasteiger partial charge in [-0.3, -0.25) is 0 Å². The zero-order chi connectivity index (χ0) is 16.4. The summed E-state index contributed by atoms with van der Waals surface area (Å²) in [7, 11) is -3.67. The number of ether oxygens (including phenoxy) is 1. The topological polar surface area (TPSA) is 85.5 Å². The molecule has 1 saturated heterocycles. The van der Waals surface area contributed by atoms with Crippen molar-refractivity contribution < 1.29 is 17.6 Å². The smallest absolute Gasteiger partial charge is 0.244 e. The lowest BCUT2D eigenvalue weighted by atomic mass is 10.2. The summed E-state index contributed by atoms with van der Waals surface area (Å²) >= 11 is 0. The van der Waals surface area contributed by atoms with Crippen molar-refractivity contribution in [1.82, 2.24) is 14.5 Å². The fraction of sp³-hybridized carbons (Fsp3) is 0.467. The second-order valence-electron chi connectivity index (χ2n) is 5.33. The molecule has 0 aliphatic carbocycles. The molecule has 1 aromatic carbocycles. The molecule has 0 N–H and O–H groups in total. The molecule has 0 amide bonds. The summed E-state index contributed by atoms with van der Waals surface area (Å²) < 4.78 is 38.5. The highest BCUT2D eigenvalue weighted by molar-refractivity contribution is 7.89. The first-order valence-electron chi connectivity index (χ1n) is 7.51. The van der Waals surface area contributed by atoms with Crippen molar-refractivity contribution in [1.29, 1.82) is 0 Å². The molecule has 1 aromatic heterocycles. The second kappa shape index (κ2) is 6.38. The van der Waals surface area contributed by atoms with Crippen LogP contribution in [0.4, 0.5) is 0 Å². The van der Waals surface area contributed by atoms with Gasteiger partial charge >= 0.3 is 0 Å². The van der Waals surface area contributed by atoms with Gasteiger partial charge in [-0.15, -0.1) is 10.2 Å². The zero-order valence-electron chi connectivity index (χ0n) is 13.1. The molecular formula is C15H19N3O4S. The normalized spacial score (nSPS) is 19.8. The minimum absolute atomic E-state index is 0.204. The quantitative estimate of drug-likeness (QED) is 0.844. The number of benzene rings is 1. The molecule has 1 aliphatic rings. The van der Waals surface area contributed by atoms with Gasteiger partial charge in [0.15, 0.2) is 0 Å². The van der Waals surface area contributed by atoms with Crippen molar-refractivity contribution in [3.63, 3.8) is 0 Å². The zero-order valence-corrected chi connectivity index (χ0v) is 13.9. The van der Waals surface area contributed by atoms with Gasteiger partial charge in [0.2, 0.25) is 21.8 Å². The highest BCUT2D eigenvalue weighted by atomic mass is 32.2. The van der Waals surface area contributed by atoms with Gasteiger partial charge in [0.05, 0.1) is 18.1 Å². The van der Waals surface area contributed by atoms with E-state index < -0.39 is 16.1 Å². The van der Waals surface area contributed by atoms with E-state index in [1.807, 2.05) is 19.1 Å². The van der Waals surface area contributed by atoms with Crippen LogP contribution in [0.25, 0.3) is 0 Å². The van der Waals surface area contributed by atoms with Crippen molar-refractivity contribution >= 4 is 10.0 Å². The highest BCUT2D eigenvalue weighted by Gasteiger charge is 2.38. The van der Waals surface area contributed by atoms with Gasteiger partial charge in [0, 0.05) is 13.5 Å². The van der Waals surface area contributed by atoms with Crippen LogP contribution >= 0.6 is 0 Å². The monoisotopic (exact) mass is 337 g/mol. The Morgan fingerprint density at radius 2 is 2.09 bits per heavy atom. The summed E-state index contributed by atoms with van der Waals surface area (Å²) in [4.78, 5) is 0.325. The van der Waals surface area contributed by atoms with Crippen molar-refractivity contribution in [3.05, 3.63) is 41.6 Å². The van der Waals surface area contributed by atoms with Gasteiger partial charge in [0.25, 0.3) is 0 Å². The van der Waals surface area contributed by atoms with E-state index in [0.717, 1.165) is 5.56 Å². The van der Waals surface area contributed by atoms with Crippen molar-refractivity contribution in [3.8, 4) is 0 Å². The molecule has 3 rings (SSSR count). The predicted molar refractivity (Wildman–Crippen MR) is 82.3 cm³/mol. The number of morpholine rings is 1. The molecule has 1 aliphatic heterocycles. The molecule has 2 heterocycles. The summed E-state index contributed by atoms with van der Waals surface area (Å²) in [5, 5.41) is 7.76. The maximum atomic E-state index is 13.1. The first-order valence-corrected chi connectivity index (χ1v) is 8.95. The van der Waals surface area contributed by atoms with Crippen LogP contribution in [-0.2, 0) is 21.2 Å². The lowest BCUT2D eigenvalue weighted by Gasteiger charge is -2.32.